The molecule has 4 aromatic rings. The Kier molecular flexibility index (Phi) is 4.38. The Morgan fingerprint density at radius 1 is 0.607 bits per heavy atom. The van der Waals surface area contributed by atoms with Crippen molar-refractivity contribution in [1.82, 2.24) is 4.90 Å². The zero-order valence-electron chi connectivity index (χ0n) is 16.0. The maximum Gasteiger partial charge on any atom is 0.127 e. The van der Waals surface area contributed by atoms with Crippen LogP contribution in [0.5, 0.6) is 11.5 Å². The summed E-state index contributed by atoms with van der Waals surface area (Å²) in [5.74, 6) is 1.82. The van der Waals surface area contributed by atoms with Crippen molar-refractivity contribution >= 4 is 21.5 Å². The van der Waals surface area contributed by atoms with E-state index in [9.17, 15) is 0 Å². The Balaban J connectivity index is 1.87. The Morgan fingerprint density at radius 3 is 1.57 bits per heavy atom. The van der Waals surface area contributed by atoms with Gasteiger partial charge in [-0.3, -0.25) is 4.90 Å². The lowest BCUT2D eigenvalue weighted by Gasteiger charge is -2.18. The first-order valence-electron chi connectivity index (χ1n) is 9.79. The number of nitrogens with zero attached hydrogens (tertiary/aromatic N) is 1. The van der Waals surface area contributed by atoms with Crippen LogP contribution in [0.2, 0.25) is 0 Å². The van der Waals surface area contributed by atoms with Crippen LogP contribution < -0.4 is 9.47 Å². The molecule has 0 saturated heterocycles. The van der Waals surface area contributed by atoms with Crippen LogP contribution in [0.4, 0.5) is 0 Å². The van der Waals surface area contributed by atoms with Gasteiger partial charge in [0.1, 0.15) is 24.7 Å². The lowest BCUT2D eigenvalue weighted by molar-refractivity contribution is 0.205. The first kappa shape index (κ1) is 17.1. The minimum absolute atomic E-state index is 0.655. The Hall–Kier alpha value is -3.04. The van der Waals surface area contributed by atoms with Gasteiger partial charge in [0.05, 0.1) is 0 Å². The molecule has 0 aromatic heterocycles. The number of hydrogen-bond acceptors (Lipinski definition) is 3. The fourth-order valence-electron chi connectivity index (χ4n) is 3.99. The second-order valence-corrected chi connectivity index (χ2v) is 7.32. The van der Waals surface area contributed by atoms with E-state index in [4.69, 9.17) is 9.47 Å². The summed E-state index contributed by atoms with van der Waals surface area (Å²) in [6.07, 6.45) is 0. The van der Waals surface area contributed by atoms with Gasteiger partial charge in [-0.25, -0.2) is 0 Å². The molecule has 0 spiro atoms. The number of hydrogen-bond donors (Lipinski definition) is 0. The summed E-state index contributed by atoms with van der Waals surface area (Å²) in [4.78, 5) is 2.24. The fraction of sp³-hybridized carbons (Fsp3) is 0.200. The van der Waals surface area contributed by atoms with Gasteiger partial charge in [0.25, 0.3) is 0 Å². The molecule has 1 aliphatic rings. The normalized spacial score (nSPS) is 15.2. The molecular formula is C25H23NO2. The van der Waals surface area contributed by atoms with Gasteiger partial charge in [-0.05, 0) is 40.7 Å². The predicted molar refractivity (Wildman–Crippen MR) is 115 cm³/mol. The molecule has 1 aliphatic heterocycles. The molecule has 28 heavy (non-hydrogen) atoms. The minimum atomic E-state index is 0.655. The van der Waals surface area contributed by atoms with Gasteiger partial charge in [-0.15, -0.1) is 0 Å². The van der Waals surface area contributed by atoms with Crippen molar-refractivity contribution in [2.45, 2.75) is 0 Å². The lowest BCUT2D eigenvalue weighted by Crippen LogP contribution is -2.28. The molecule has 0 fully saturated rings. The Labute approximate surface area is 165 Å². The molecule has 3 nitrogen and oxygen atoms in total. The molecule has 0 unspecified atom stereocenters. The fourth-order valence-corrected chi connectivity index (χ4v) is 3.99. The van der Waals surface area contributed by atoms with Crippen LogP contribution >= 0.6 is 0 Å². The third-order valence-electron chi connectivity index (χ3n) is 5.49. The Morgan fingerprint density at radius 2 is 1.07 bits per heavy atom. The molecule has 4 aromatic carbocycles. The van der Waals surface area contributed by atoms with Crippen molar-refractivity contribution < 1.29 is 9.47 Å². The highest BCUT2D eigenvalue weighted by molar-refractivity contribution is 6.09. The van der Waals surface area contributed by atoms with Crippen LogP contribution in [-0.2, 0) is 0 Å². The predicted octanol–water partition coefficient (Wildman–Crippen LogP) is 5.36. The second-order valence-electron chi connectivity index (χ2n) is 7.32. The van der Waals surface area contributed by atoms with Crippen LogP contribution in [0.15, 0.2) is 72.8 Å². The average molecular weight is 369 g/mol. The van der Waals surface area contributed by atoms with Crippen molar-refractivity contribution in [3.63, 3.8) is 0 Å². The molecule has 0 bridgehead atoms. The van der Waals surface area contributed by atoms with E-state index in [0.29, 0.717) is 13.2 Å². The van der Waals surface area contributed by atoms with Crippen molar-refractivity contribution in [3.8, 4) is 22.6 Å². The van der Waals surface area contributed by atoms with Gasteiger partial charge in [0.15, 0.2) is 0 Å². The summed E-state index contributed by atoms with van der Waals surface area (Å²) < 4.78 is 12.6. The summed E-state index contributed by atoms with van der Waals surface area (Å²) in [6, 6.07) is 25.5. The first-order valence-corrected chi connectivity index (χ1v) is 9.79. The van der Waals surface area contributed by atoms with Gasteiger partial charge in [0, 0.05) is 24.2 Å². The van der Waals surface area contributed by atoms with Gasteiger partial charge in [-0.1, -0.05) is 60.7 Å². The van der Waals surface area contributed by atoms with Crippen molar-refractivity contribution in [2.24, 2.45) is 0 Å². The lowest BCUT2D eigenvalue weighted by atomic mass is 9.92. The molecule has 1 heterocycles. The van der Waals surface area contributed by atoms with Gasteiger partial charge in [0.2, 0.25) is 0 Å². The molecule has 140 valence electrons. The van der Waals surface area contributed by atoms with Gasteiger partial charge >= 0.3 is 0 Å². The summed E-state index contributed by atoms with van der Waals surface area (Å²) >= 11 is 0. The zero-order valence-corrected chi connectivity index (χ0v) is 16.0. The largest absolute Gasteiger partial charge is 0.492 e. The maximum atomic E-state index is 6.31. The molecule has 0 aliphatic carbocycles. The third-order valence-corrected chi connectivity index (χ3v) is 5.49. The standard InChI is InChI=1S/C25H23NO2/c1-26-14-16-27-22-12-10-18-6-2-4-8-20(18)24(22)25-21-9-5-3-7-19(21)11-13-23(25)28-17-15-26/h2-13H,14-17H2,1H3. The van der Waals surface area contributed by atoms with Crippen molar-refractivity contribution in [2.75, 3.05) is 33.4 Å². The highest BCUT2D eigenvalue weighted by Gasteiger charge is 2.19. The molecule has 0 atom stereocenters. The van der Waals surface area contributed by atoms with Crippen molar-refractivity contribution in [3.05, 3.63) is 72.8 Å². The summed E-state index contributed by atoms with van der Waals surface area (Å²) in [6.45, 7) is 3.04. The topological polar surface area (TPSA) is 21.7 Å². The summed E-state index contributed by atoms with van der Waals surface area (Å²) in [5.41, 5.74) is 2.24. The van der Waals surface area contributed by atoms with Crippen LogP contribution in [0.25, 0.3) is 32.7 Å². The zero-order chi connectivity index (χ0) is 18.9. The van der Waals surface area contributed by atoms with Gasteiger partial charge in [-0.2, -0.15) is 0 Å². The molecule has 0 radical (unpaired) electrons. The van der Waals surface area contributed by atoms with E-state index in [-0.39, 0.29) is 0 Å². The molecular weight excluding hydrogens is 346 g/mol. The van der Waals surface area contributed by atoms with E-state index in [2.05, 4.69) is 84.7 Å². The monoisotopic (exact) mass is 369 g/mol. The minimum Gasteiger partial charge on any atom is -0.492 e. The van der Waals surface area contributed by atoms with Crippen LogP contribution in [0.1, 0.15) is 0 Å². The molecule has 0 saturated carbocycles. The number of fused-ring (bicyclic) bond motifs is 7. The SMILES string of the molecule is CN1CCOc2ccc3ccccc3c2-c2c(ccc3ccccc23)OCC1. The smallest absolute Gasteiger partial charge is 0.127 e. The van der Waals surface area contributed by atoms with Crippen LogP contribution in [-0.4, -0.2) is 38.3 Å². The van der Waals surface area contributed by atoms with E-state index in [1.165, 1.54) is 21.5 Å². The highest BCUT2D eigenvalue weighted by Crippen LogP contribution is 2.45. The second kappa shape index (κ2) is 7.17. The van der Waals surface area contributed by atoms with Crippen LogP contribution in [0.3, 0.4) is 0 Å². The van der Waals surface area contributed by atoms with Crippen LogP contribution in [0, 0.1) is 0 Å². The van der Waals surface area contributed by atoms with E-state index in [1.807, 2.05) is 0 Å². The number of rotatable bonds is 0. The highest BCUT2D eigenvalue weighted by atomic mass is 16.5. The van der Waals surface area contributed by atoms with E-state index in [0.717, 1.165) is 35.7 Å². The van der Waals surface area contributed by atoms with E-state index >= 15 is 0 Å². The number of ether oxygens (including phenoxy) is 2. The summed E-state index contributed by atoms with van der Waals surface area (Å²) in [7, 11) is 2.10. The number of benzene rings is 4. The third kappa shape index (κ3) is 2.98. The maximum absolute atomic E-state index is 6.31. The molecule has 0 amide bonds. The first-order chi connectivity index (χ1) is 13.8. The molecule has 0 N–H and O–H groups in total. The summed E-state index contributed by atoms with van der Waals surface area (Å²) in [5, 5.41) is 4.79. The molecule has 5 rings (SSSR count). The quantitative estimate of drug-likeness (QED) is 0.416. The number of likely N-dealkylation sites (N-methyl/N-ethyl adjacent to an activating group) is 1. The van der Waals surface area contributed by atoms with Gasteiger partial charge < -0.3 is 9.47 Å². The average Bonchev–Trinajstić information content (AvgIpc) is 2.76. The molecule has 3 heteroatoms. The Bertz CT molecular complexity index is 1060. The van der Waals surface area contributed by atoms with E-state index < -0.39 is 0 Å². The van der Waals surface area contributed by atoms with Crippen molar-refractivity contribution in [1.29, 1.82) is 0 Å². The van der Waals surface area contributed by atoms with E-state index in [1.54, 1.807) is 0 Å².